The van der Waals surface area contributed by atoms with E-state index in [1.807, 2.05) is 5.32 Å². The number of carbonyl (C=O) groups is 3. The lowest BCUT2D eigenvalue weighted by Gasteiger charge is -2.19. The Bertz CT molecular complexity index is 585. The minimum atomic E-state index is -1.21. The first-order valence-corrected chi connectivity index (χ1v) is 5.90. The van der Waals surface area contributed by atoms with Crippen LogP contribution in [-0.2, 0) is 4.74 Å². The van der Waals surface area contributed by atoms with Crippen LogP contribution in [0.5, 0.6) is 0 Å². The summed E-state index contributed by atoms with van der Waals surface area (Å²) in [4.78, 5) is 36.1. The lowest BCUT2D eigenvalue weighted by Crippen LogP contribution is -2.45. The fourth-order valence-corrected chi connectivity index (χ4v) is 1.27. The van der Waals surface area contributed by atoms with Crippen molar-refractivity contribution in [1.29, 1.82) is 5.41 Å². The molecular formula is C12H16N4O5. The van der Waals surface area contributed by atoms with Crippen LogP contribution in [0.15, 0.2) is 12.1 Å². The Hall–Kier alpha value is -2.84. The summed E-state index contributed by atoms with van der Waals surface area (Å²) < 4.78 is 4.90. The van der Waals surface area contributed by atoms with Gasteiger partial charge in [0.1, 0.15) is 17.0 Å². The number of hydrogen-bond acceptors (Lipinski definition) is 5. The molecule has 0 radical (unpaired) electrons. The van der Waals surface area contributed by atoms with E-state index in [1.165, 1.54) is 12.1 Å². The molecule has 0 aliphatic carbocycles. The lowest BCUT2D eigenvalue weighted by atomic mass is 10.2. The van der Waals surface area contributed by atoms with Gasteiger partial charge in [-0.3, -0.25) is 20.8 Å². The number of amides is 2. The highest BCUT2D eigenvalue weighted by atomic mass is 16.6. The number of carboxylic acid groups (broad SMARTS) is 1. The average molecular weight is 296 g/mol. The van der Waals surface area contributed by atoms with Crippen molar-refractivity contribution < 1.29 is 24.2 Å². The topological polar surface area (TPSA) is 144 Å². The fraction of sp³-hybridized carbons (Fsp3) is 0.333. The van der Waals surface area contributed by atoms with Crippen LogP contribution >= 0.6 is 0 Å². The van der Waals surface area contributed by atoms with Crippen LogP contribution in [0.4, 0.5) is 4.79 Å². The second kappa shape index (κ2) is 6.07. The Labute approximate surface area is 120 Å². The Morgan fingerprint density at radius 1 is 1.19 bits per heavy atom. The molecule has 0 saturated carbocycles. The molecule has 0 unspecified atom stereocenters. The molecule has 0 atom stereocenters. The minimum absolute atomic E-state index is 0.0526. The van der Waals surface area contributed by atoms with Crippen LogP contribution in [0.3, 0.4) is 0 Å². The van der Waals surface area contributed by atoms with Gasteiger partial charge in [-0.15, -0.1) is 0 Å². The first-order chi connectivity index (χ1) is 9.58. The number of guanidine groups is 1. The zero-order valence-corrected chi connectivity index (χ0v) is 11.7. The van der Waals surface area contributed by atoms with Crippen LogP contribution in [0.2, 0.25) is 0 Å². The molecule has 0 bridgehead atoms. The summed E-state index contributed by atoms with van der Waals surface area (Å²) in [6, 6.07) is 2.46. The van der Waals surface area contributed by atoms with Gasteiger partial charge in [-0.25, -0.2) is 9.59 Å². The maximum absolute atomic E-state index is 11.7. The Morgan fingerprint density at radius 2 is 1.76 bits per heavy atom. The predicted molar refractivity (Wildman–Crippen MR) is 72.3 cm³/mol. The number of aromatic carboxylic acids is 1. The zero-order chi connectivity index (χ0) is 16.2. The van der Waals surface area contributed by atoms with E-state index in [2.05, 4.69) is 10.3 Å². The third-order valence-corrected chi connectivity index (χ3v) is 2.03. The van der Waals surface area contributed by atoms with E-state index < -0.39 is 29.5 Å². The van der Waals surface area contributed by atoms with Gasteiger partial charge < -0.3 is 14.8 Å². The molecule has 1 heterocycles. The van der Waals surface area contributed by atoms with Crippen molar-refractivity contribution in [3.63, 3.8) is 0 Å². The molecule has 1 rings (SSSR count). The predicted octanol–water partition coefficient (Wildman–Crippen LogP) is 0.902. The summed E-state index contributed by atoms with van der Waals surface area (Å²) in [6.45, 7) is 4.96. The summed E-state index contributed by atoms with van der Waals surface area (Å²) in [6.07, 6.45) is -0.884. The number of aromatic amines is 1. The van der Waals surface area contributed by atoms with Crippen LogP contribution in [-0.4, -0.2) is 39.6 Å². The van der Waals surface area contributed by atoms with Gasteiger partial charge in [0.15, 0.2) is 0 Å². The van der Waals surface area contributed by atoms with Gasteiger partial charge in [-0.2, -0.15) is 0 Å². The van der Waals surface area contributed by atoms with Gasteiger partial charge in [0.2, 0.25) is 5.96 Å². The summed E-state index contributed by atoms with van der Waals surface area (Å²) in [5.74, 6) is -2.56. The number of carbonyl (C=O) groups excluding carboxylic acids is 2. The van der Waals surface area contributed by atoms with Crippen LogP contribution in [0, 0.1) is 5.41 Å². The molecule has 114 valence electrons. The number of H-pyrrole nitrogens is 1. The molecule has 0 aliphatic rings. The van der Waals surface area contributed by atoms with Gasteiger partial charge in [-0.1, -0.05) is 0 Å². The Morgan fingerprint density at radius 3 is 2.24 bits per heavy atom. The highest BCUT2D eigenvalue weighted by molar-refractivity contribution is 6.07. The second-order valence-corrected chi connectivity index (χ2v) is 5.05. The fourth-order valence-electron chi connectivity index (χ4n) is 1.27. The van der Waals surface area contributed by atoms with Gasteiger partial charge in [-0.05, 0) is 32.9 Å². The molecule has 5 N–H and O–H groups in total. The van der Waals surface area contributed by atoms with Crippen molar-refractivity contribution in [2.45, 2.75) is 26.4 Å². The maximum Gasteiger partial charge on any atom is 0.414 e. The highest BCUT2D eigenvalue weighted by Gasteiger charge is 2.18. The van der Waals surface area contributed by atoms with Crippen molar-refractivity contribution in [1.82, 2.24) is 15.6 Å². The van der Waals surface area contributed by atoms with Gasteiger partial charge in [0.05, 0.1) is 0 Å². The van der Waals surface area contributed by atoms with Crippen LogP contribution in [0.25, 0.3) is 0 Å². The summed E-state index contributed by atoms with van der Waals surface area (Å²) in [5, 5.41) is 20.2. The number of rotatable bonds is 2. The largest absolute Gasteiger partial charge is 0.477 e. The molecule has 9 heteroatoms. The van der Waals surface area contributed by atoms with Gasteiger partial charge in [0.25, 0.3) is 5.91 Å². The summed E-state index contributed by atoms with van der Waals surface area (Å²) in [7, 11) is 0. The van der Waals surface area contributed by atoms with Gasteiger partial charge >= 0.3 is 12.1 Å². The quantitative estimate of drug-likeness (QED) is 0.407. The molecule has 0 fully saturated rings. The number of aromatic nitrogens is 1. The second-order valence-electron chi connectivity index (χ2n) is 5.05. The summed E-state index contributed by atoms with van der Waals surface area (Å²) in [5.41, 5.74) is -0.945. The Kier molecular flexibility index (Phi) is 4.69. The molecule has 2 amide bonds. The van der Waals surface area contributed by atoms with Crippen LogP contribution < -0.4 is 10.6 Å². The van der Waals surface area contributed by atoms with Crippen molar-refractivity contribution in [3.05, 3.63) is 23.5 Å². The van der Waals surface area contributed by atoms with E-state index in [0.29, 0.717) is 0 Å². The molecule has 0 spiro atoms. The van der Waals surface area contributed by atoms with E-state index in [-0.39, 0.29) is 11.4 Å². The molecule has 0 aromatic carbocycles. The molecule has 1 aromatic rings. The SMILES string of the molecule is CC(C)(C)OC(=O)NC(=N)NC(=O)c1ccc(C(=O)O)[nH]1. The third-order valence-electron chi connectivity index (χ3n) is 2.03. The van der Waals surface area contributed by atoms with E-state index >= 15 is 0 Å². The van der Waals surface area contributed by atoms with E-state index in [1.54, 1.807) is 20.8 Å². The Balaban J connectivity index is 2.56. The number of nitrogens with one attached hydrogen (secondary N) is 4. The number of alkyl carbamates (subject to hydrolysis) is 1. The lowest BCUT2D eigenvalue weighted by molar-refractivity contribution is 0.0560. The first kappa shape index (κ1) is 16.2. The number of hydrogen-bond donors (Lipinski definition) is 5. The van der Waals surface area contributed by atoms with Gasteiger partial charge in [0, 0.05) is 0 Å². The van der Waals surface area contributed by atoms with Crippen molar-refractivity contribution in [3.8, 4) is 0 Å². The molecule has 1 aromatic heterocycles. The third kappa shape index (κ3) is 5.35. The molecule has 0 saturated heterocycles. The van der Waals surface area contributed by atoms with E-state index in [4.69, 9.17) is 15.3 Å². The molecule has 9 nitrogen and oxygen atoms in total. The highest BCUT2D eigenvalue weighted by Crippen LogP contribution is 2.06. The first-order valence-electron chi connectivity index (χ1n) is 5.90. The van der Waals surface area contributed by atoms with Crippen LogP contribution in [0.1, 0.15) is 41.7 Å². The van der Waals surface area contributed by atoms with E-state index in [9.17, 15) is 14.4 Å². The molecular weight excluding hydrogens is 280 g/mol. The standard InChI is InChI=1S/C12H16N4O5/c1-12(2,3)21-11(20)16-10(13)15-8(17)6-4-5-7(14-6)9(18)19/h4-5,14H,1-3H3,(H,18,19)(H3,13,15,16,17,20). The maximum atomic E-state index is 11.7. The van der Waals surface area contributed by atoms with E-state index in [0.717, 1.165) is 0 Å². The minimum Gasteiger partial charge on any atom is -0.477 e. The van der Waals surface area contributed by atoms with Crippen molar-refractivity contribution in [2.24, 2.45) is 0 Å². The van der Waals surface area contributed by atoms with Crippen molar-refractivity contribution >= 4 is 23.9 Å². The summed E-state index contributed by atoms with van der Waals surface area (Å²) >= 11 is 0. The number of ether oxygens (including phenoxy) is 1. The zero-order valence-electron chi connectivity index (χ0n) is 11.7. The number of carboxylic acids is 1. The molecule has 21 heavy (non-hydrogen) atoms. The smallest absolute Gasteiger partial charge is 0.414 e. The average Bonchev–Trinajstić information content (AvgIpc) is 2.74. The monoisotopic (exact) mass is 296 g/mol. The van der Waals surface area contributed by atoms with Crippen molar-refractivity contribution in [2.75, 3.05) is 0 Å². The normalized spacial score (nSPS) is 10.6. The molecule has 0 aliphatic heterocycles.